The van der Waals surface area contributed by atoms with Gasteiger partial charge in [-0.2, -0.15) is 0 Å². The smallest absolute Gasteiger partial charge is 0.256 e. The van der Waals surface area contributed by atoms with E-state index in [1.54, 1.807) is 0 Å². The molecule has 0 N–H and O–H groups in total. The van der Waals surface area contributed by atoms with E-state index in [9.17, 15) is 4.79 Å². The second-order valence-corrected chi connectivity index (χ2v) is 7.22. The van der Waals surface area contributed by atoms with Crippen molar-refractivity contribution in [3.8, 4) is 0 Å². The van der Waals surface area contributed by atoms with E-state index in [1.165, 1.54) is 22.9 Å². The number of thioether (sulfide) groups is 1. The first-order valence-corrected chi connectivity index (χ1v) is 9.27. The minimum Gasteiger partial charge on any atom is -0.337 e. The van der Waals surface area contributed by atoms with E-state index >= 15 is 0 Å². The van der Waals surface area contributed by atoms with Gasteiger partial charge in [-0.3, -0.25) is 9.20 Å². The lowest BCUT2D eigenvalue weighted by Gasteiger charge is -2.28. The SMILES string of the molecule is Cc1cc(C)n2c(SCC(=O)N3CCc4ccccc4C3)nnc2n1. The van der Waals surface area contributed by atoms with Gasteiger partial charge in [-0.05, 0) is 37.5 Å². The third kappa shape index (κ3) is 3.11. The molecule has 128 valence electrons. The Balaban J connectivity index is 1.46. The maximum Gasteiger partial charge on any atom is 0.256 e. The van der Waals surface area contributed by atoms with Gasteiger partial charge < -0.3 is 4.90 Å². The first-order valence-electron chi connectivity index (χ1n) is 8.28. The van der Waals surface area contributed by atoms with Crippen molar-refractivity contribution in [3.05, 3.63) is 52.8 Å². The van der Waals surface area contributed by atoms with Crippen molar-refractivity contribution in [1.29, 1.82) is 0 Å². The zero-order valence-corrected chi connectivity index (χ0v) is 15.1. The molecule has 4 rings (SSSR count). The van der Waals surface area contributed by atoms with Crippen LogP contribution in [0.5, 0.6) is 0 Å². The van der Waals surface area contributed by atoms with Gasteiger partial charge in [0, 0.05) is 24.5 Å². The molecule has 7 heteroatoms. The van der Waals surface area contributed by atoms with Crippen LogP contribution in [-0.2, 0) is 17.8 Å². The predicted octanol–water partition coefficient (Wildman–Crippen LogP) is 2.42. The second-order valence-electron chi connectivity index (χ2n) is 6.28. The summed E-state index contributed by atoms with van der Waals surface area (Å²) in [5.74, 6) is 1.07. The average molecular weight is 353 g/mol. The predicted molar refractivity (Wildman–Crippen MR) is 96.5 cm³/mol. The number of fused-ring (bicyclic) bond motifs is 2. The molecule has 1 amide bonds. The molecule has 0 saturated heterocycles. The molecule has 0 unspecified atom stereocenters. The van der Waals surface area contributed by atoms with E-state index in [4.69, 9.17) is 0 Å². The number of nitrogens with zero attached hydrogens (tertiary/aromatic N) is 5. The van der Waals surface area contributed by atoms with Crippen LogP contribution in [0.2, 0.25) is 0 Å². The third-order valence-corrected chi connectivity index (χ3v) is 5.38. The summed E-state index contributed by atoms with van der Waals surface area (Å²) >= 11 is 1.42. The molecule has 3 aromatic rings. The van der Waals surface area contributed by atoms with Gasteiger partial charge in [0.25, 0.3) is 5.78 Å². The van der Waals surface area contributed by atoms with E-state index in [0.717, 1.165) is 24.4 Å². The number of carbonyl (C=O) groups is 1. The Morgan fingerprint density at radius 3 is 2.84 bits per heavy atom. The van der Waals surface area contributed by atoms with E-state index < -0.39 is 0 Å². The lowest BCUT2D eigenvalue weighted by Crippen LogP contribution is -2.37. The van der Waals surface area contributed by atoms with Crippen molar-refractivity contribution in [1.82, 2.24) is 24.5 Å². The number of aryl methyl sites for hydroxylation is 2. The fourth-order valence-corrected chi connectivity index (χ4v) is 4.11. The number of hydrogen-bond donors (Lipinski definition) is 0. The Bertz CT molecular complexity index is 952. The Kier molecular flexibility index (Phi) is 4.17. The van der Waals surface area contributed by atoms with Crippen LogP contribution in [0.1, 0.15) is 22.5 Å². The summed E-state index contributed by atoms with van der Waals surface area (Å²) in [5.41, 5.74) is 4.53. The summed E-state index contributed by atoms with van der Waals surface area (Å²) in [6.45, 7) is 5.40. The van der Waals surface area contributed by atoms with Gasteiger partial charge in [0.1, 0.15) is 0 Å². The summed E-state index contributed by atoms with van der Waals surface area (Å²) in [6, 6.07) is 10.3. The third-order valence-electron chi connectivity index (χ3n) is 4.47. The summed E-state index contributed by atoms with van der Waals surface area (Å²) in [5, 5.41) is 9.02. The first kappa shape index (κ1) is 16.1. The first-order chi connectivity index (χ1) is 12.1. The minimum absolute atomic E-state index is 0.133. The highest BCUT2D eigenvalue weighted by Gasteiger charge is 2.21. The van der Waals surface area contributed by atoms with Crippen molar-refractivity contribution in [2.75, 3.05) is 12.3 Å². The quantitative estimate of drug-likeness (QED) is 0.677. The van der Waals surface area contributed by atoms with Crippen LogP contribution in [0, 0.1) is 13.8 Å². The van der Waals surface area contributed by atoms with Crippen LogP contribution in [0.4, 0.5) is 0 Å². The highest BCUT2D eigenvalue weighted by molar-refractivity contribution is 7.99. The molecule has 0 fully saturated rings. The molecule has 6 nitrogen and oxygen atoms in total. The Morgan fingerprint density at radius 2 is 2.00 bits per heavy atom. The molecule has 0 radical (unpaired) electrons. The Labute approximate surface area is 150 Å². The summed E-state index contributed by atoms with van der Waals surface area (Å²) in [7, 11) is 0. The fourth-order valence-electron chi connectivity index (χ4n) is 3.22. The van der Waals surface area contributed by atoms with Gasteiger partial charge >= 0.3 is 0 Å². The lowest BCUT2D eigenvalue weighted by molar-refractivity contribution is -0.129. The Hall–Kier alpha value is -2.41. The number of aromatic nitrogens is 4. The van der Waals surface area contributed by atoms with E-state index in [-0.39, 0.29) is 5.91 Å². The molecule has 3 heterocycles. The molecule has 0 bridgehead atoms. The highest BCUT2D eigenvalue weighted by Crippen LogP contribution is 2.22. The zero-order valence-electron chi connectivity index (χ0n) is 14.3. The number of amides is 1. The molecule has 1 aliphatic heterocycles. The van der Waals surface area contributed by atoms with Crippen molar-refractivity contribution in [3.63, 3.8) is 0 Å². The molecular weight excluding hydrogens is 334 g/mol. The molecule has 2 aromatic heterocycles. The van der Waals surface area contributed by atoms with E-state index in [0.29, 0.717) is 23.2 Å². The molecule has 0 aliphatic carbocycles. The van der Waals surface area contributed by atoms with Crippen molar-refractivity contribution >= 4 is 23.4 Å². The fraction of sp³-hybridized carbons (Fsp3) is 0.333. The Morgan fingerprint density at radius 1 is 1.20 bits per heavy atom. The van der Waals surface area contributed by atoms with Gasteiger partial charge in [-0.15, -0.1) is 10.2 Å². The number of benzene rings is 1. The van der Waals surface area contributed by atoms with Crippen molar-refractivity contribution in [2.45, 2.75) is 32.0 Å². The van der Waals surface area contributed by atoms with Crippen molar-refractivity contribution in [2.24, 2.45) is 0 Å². The molecule has 0 atom stereocenters. The summed E-state index contributed by atoms with van der Waals surface area (Å²) < 4.78 is 1.90. The second kappa shape index (κ2) is 6.48. The molecule has 1 aromatic carbocycles. The molecule has 0 saturated carbocycles. The van der Waals surface area contributed by atoms with Crippen molar-refractivity contribution < 1.29 is 4.79 Å². The number of carbonyl (C=O) groups excluding carboxylic acids is 1. The van der Waals surface area contributed by atoms with Crippen LogP contribution in [0.15, 0.2) is 35.5 Å². The van der Waals surface area contributed by atoms with Gasteiger partial charge in [-0.25, -0.2) is 4.98 Å². The number of rotatable bonds is 3. The van der Waals surface area contributed by atoms with Gasteiger partial charge in [0.05, 0.1) is 5.75 Å². The maximum atomic E-state index is 12.6. The van der Waals surface area contributed by atoms with Crippen LogP contribution < -0.4 is 0 Å². The maximum absolute atomic E-state index is 12.6. The summed E-state index contributed by atoms with van der Waals surface area (Å²) in [6.07, 6.45) is 0.919. The summed E-state index contributed by atoms with van der Waals surface area (Å²) in [4.78, 5) is 18.9. The van der Waals surface area contributed by atoms with E-state index in [2.05, 4.69) is 33.4 Å². The monoisotopic (exact) mass is 353 g/mol. The standard InChI is InChI=1S/C18H19N5OS/c1-12-9-13(2)23-17(19-12)20-21-18(23)25-11-16(24)22-8-7-14-5-3-4-6-15(14)10-22/h3-6,9H,7-8,10-11H2,1-2H3. The van der Waals surface area contributed by atoms with Crippen LogP contribution in [0.25, 0.3) is 5.78 Å². The largest absolute Gasteiger partial charge is 0.337 e. The lowest BCUT2D eigenvalue weighted by atomic mass is 10.00. The highest BCUT2D eigenvalue weighted by atomic mass is 32.2. The minimum atomic E-state index is 0.133. The topological polar surface area (TPSA) is 63.4 Å². The molecule has 25 heavy (non-hydrogen) atoms. The van der Waals surface area contributed by atoms with Gasteiger partial charge in [-0.1, -0.05) is 36.0 Å². The number of hydrogen-bond acceptors (Lipinski definition) is 5. The van der Waals surface area contributed by atoms with Gasteiger partial charge in [0.15, 0.2) is 5.16 Å². The normalized spacial score (nSPS) is 13.9. The van der Waals surface area contributed by atoms with Crippen LogP contribution in [0.3, 0.4) is 0 Å². The average Bonchev–Trinajstić information content (AvgIpc) is 3.02. The van der Waals surface area contributed by atoms with Crippen LogP contribution in [-0.4, -0.2) is 42.7 Å². The zero-order chi connectivity index (χ0) is 17.4. The van der Waals surface area contributed by atoms with Crippen LogP contribution >= 0.6 is 11.8 Å². The molecule has 1 aliphatic rings. The van der Waals surface area contributed by atoms with Gasteiger partial charge in [0.2, 0.25) is 5.91 Å². The molecular formula is C18H19N5OS. The van der Waals surface area contributed by atoms with E-state index in [1.807, 2.05) is 35.3 Å². The molecule has 0 spiro atoms.